The summed E-state index contributed by atoms with van der Waals surface area (Å²) >= 11 is 0. The Hall–Kier alpha value is -0.460. The zero-order valence-electron chi connectivity index (χ0n) is 6.15. The summed E-state index contributed by atoms with van der Waals surface area (Å²) in [7, 11) is 0. The number of allylic oxidation sites excluding steroid dienone is 1. The van der Waals surface area contributed by atoms with Crippen LogP contribution in [0.25, 0.3) is 0 Å². The van der Waals surface area contributed by atoms with E-state index in [0.717, 1.165) is 0 Å². The maximum Gasteiger partial charge on any atom is 0.0283 e. The zero-order valence-corrected chi connectivity index (χ0v) is 6.15. The van der Waals surface area contributed by atoms with Crippen LogP contribution in [0, 0.1) is 0 Å². The Bertz CT molecular complexity index is 81.4. The first-order chi connectivity index (χ1) is 3.56. The Labute approximate surface area is 53.3 Å². The first kappa shape index (κ1) is 7.54. The molecule has 0 aliphatic rings. The summed E-state index contributed by atoms with van der Waals surface area (Å²) in [4.78, 5) is 0. The van der Waals surface area contributed by atoms with Crippen molar-refractivity contribution in [3.8, 4) is 0 Å². The Morgan fingerprint density at radius 2 is 1.88 bits per heavy atom. The van der Waals surface area contributed by atoms with Crippen LogP contribution in [0.1, 0.15) is 29.1 Å². The molecule has 0 spiro atoms. The minimum atomic E-state index is 0. The summed E-state index contributed by atoms with van der Waals surface area (Å²) in [5.41, 5.74) is 0.215. The first-order valence-corrected chi connectivity index (χ1v) is 2.95. The fourth-order valence-electron chi connectivity index (χ4n) is 0.333. The lowest BCUT2D eigenvalue weighted by Crippen LogP contribution is -2.30. The van der Waals surface area contributed by atoms with Gasteiger partial charge in [-0.1, -0.05) is 6.08 Å². The molecule has 0 amide bonds. The summed E-state index contributed by atoms with van der Waals surface area (Å²) in [6.07, 6.45) is 3.95. The highest BCUT2D eigenvalue weighted by Crippen LogP contribution is 1.96. The van der Waals surface area contributed by atoms with Gasteiger partial charge < -0.3 is 5.32 Å². The lowest BCUT2D eigenvalue weighted by Gasteiger charge is -2.17. The quantitative estimate of drug-likeness (QED) is 0.552. The molecular formula is C7H17N. The highest BCUT2D eigenvalue weighted by Gasteiger charge is 2.03. The van der Waals surface area contributed by atoms with Gasteiger partial charge in [0.1, 0.15) is 0 Å². The summed E-state index contributed by atoms with van der Waals surface area (Å²) < 4.78 is 0. The van der Waals surface area contributed by atoms with E-state index in [0.29, 0.717) is 0 Å². The maximum atomic E-state index is 3.19. The molecule has 0 fully saturated rings. The van der Waals surface area contributed by atoms with Gasteiger partial charge in [0, 0.05) is 6.97 Å². The molecule has 0 rings (SSSR count). The molecule has 0 saturated carbocycles. The van der Waals surface area contributed by atoms with Crippen LogP contribution < -0.4 is 5.32 Å². The zero-order chi connectivity index (χ0) is 6.62. The van der Waals surface area contributed by atoms with E-state index in [-0.39, 0.29) is 6.97 Å². The molecule has 0 aliphatic carbocycles. The second kappa shape index (κ2) is 2.75. The third-order valence-electron chi connectivity index (χ3n) is 0.683. The minimum absolute atomic E-state index is 0. The van der Waals surface area contributed by atoms with Gasteiger partial charge in [0.05, 0.1) is 0 Å². The van der Waals surface area contributed by atoms with Crippen LogP contribution in [0.2, 0.25) is 0 Å². The largest absolute Gasteiger partial charge is 0.387 e. The summed E-state index contributed by atoms with van der Waals surface area (Å²) in [6, 6.07) is 0. The van der Waals surface area contributed by atoms with E-state index in [4.69, 9.17) is 0 Å². The van der Waals surface area contributed by atoms with Crippen LogP contribution in [0.3, 0.4) is 0 Å². The van der Waals surface area contributed by atoms with Gasteiger partial charge in [-0.2, -0.15) is 0 Å². The van der Waals surface area contributed by atoms with Gasteiger partial charge in [-0.25, -0.2) is 0 Å². The molecule has 0 aromatic rings. The van der Waals surface area contributed by atoms with E-state index in [1.807, 2.05) is 19.2 Å². The molecule has 1 nitrogen and oxygen atoms in total. The fourth-order valence-corrected chi connectivity index (χ4v) is 0.333. The maximum absolute atomic E-state index is 3.19. The molecule has 0 atom stereocenters. The fraction of sp³-hybridized carbons (Fsp3) is 0.714. The van der Waals surface area contributed by atoms with Crippen LogP contribution in [0.5, 0.6) is 0 Å². The molecule has 50 valence electrons. The molecule has 0 bridgehead atoms. The van der Waals surface area contributed by atoms with Gasteiger partial charge in [-0.3, -0.25) is 0 Å². The highest BCUT2D eigenvalue weighted by molar-refractivity contribution is 4.82. The van der Waals surface area contributed by atoms with Crippen LogP contribution in [-0.4, -0.2) is 5.54 Å². The first-order valence-electron chi connectivity index (χ1n) is 2.95. The van der Waals surface area contributed by atoms with Crippen molar-refractivity contribution < 1.29 is 1.43 Å². The monoisotopic (exact) mass is 115 g/mol. The van der Waals surface area contributed by atoms with E-state index in [1.165, 1.54) is 0 Å². The lowest BCUT2D eigenvalue weighted by molar-refractivity contribution is 0.491. The molecule has 0 saturated heterocycles. The van der Waals surface area contributed by atoms with E-state index < -0.39 is 0 Å². The number of hydrogen-bond donors (Lipinski definition) is 1. The van der Waals surface area contributed by atoms with E-state index in [1.54, 1.807) is 0 Å². The number of hydrogen-bond acceptors (Lipinski definition) is 1. The number of rotatable bonds is 1. The average Bonchev–Trinajstić information content (AvgIpc) is 1.59. The molecular weight excluding hydrogens is 98.1 g/mol. The SMILES string of the molecule is C/C=C\NC(C)(C)C.[HH]. The second-order valence-electron chi connectivity index (χ2n) is 2.89. The predicted octanol–water partition coefficient (Wildman–Crippen LogP) is 2.15. The highest BCUT2D eigenvalue weighted by atomic mass is 14.9. The summed E-state index contributed by atoms with van der Waals surface area (Å²) in [5.74, 6) is 0. The second-order valence-corrected chi connectivity index (χ2v) is 2.89. The lowest BCUT2D eigenvalue weighted by atomic mass is 10.1. The van der Waals surface area contributed by atoms with Gasteiger partial charge in [-0.05, 0) is 33.9 Å². The van der Waals surface area contributed by atoms with E-state index in [2.05, 4.69) is 26.1 Å². The van der Waals surface area contributed by atoms with Gasteiger partial charge in [0.15, 0.2) is 0 Å². The van der Waals surface area contributed by atoms with Crippen LogP contribution >= 0.6 is 0 Å². The van der Waals surface area contributed by atoms with E-state index in [9.17, 15) is 0 Å². The Kier molecular flexibility index (Phi) is 2.59. The van der Waals surface area contributed by atoms with Crippen molar-refractivity contribution in [3.05, 3.63) is 12.3 Å². The van der Waals surface area contributed by atoms with Gasteiger partial charge >= 0.3 is 0 Å². The predicted molar refractivity (Wildman–Crippen MR) is 39.8 cm³/mol. The molecule has 1 heteroatoms. The Morgan fingerprint density at radius 3 is 2.00 bits per heavy atom. The summed E-state index contributed by atoms with van der Waals surface area (Å²) in [5, 5.41) is 3.19. The van der Waals surface area contributed by atoms with Crippen molar-refractivity contribution in [3.63, 3.8) is 0 Å². The Balaban J connectivity index is 0. The van der Waals surface area contributed by atoms with Gasteiger partial charge in [-0.15, -0.1) is 0 Å². The molecule has 0 unspecified atom stereocenters. The molecule has 0 radical (unpaired) electrons. The smallest absolute Gasteiger partial charge is 0.0283 e. The standard InChI is InChI=1S/C7H15N.H2/c1-5-6-8-7(2,3)4;/h5-6,8H,1-4H3;1H/b6-5-;. The third kappa shape index (κ3) is 5.54. The van der Waals surface area contributed by atoms with Crippen molar-refractivity contribution in [1.82, 2.24) is 5.32 Å². The Morgan fingerprint density at radius 1 is 1.38 bits per heavy atom. The topological polar surface area (TPSA) is 12.0 Å². The molecule has 8 heavy (non-hydrogen) atoms. The minimum Gasteiger partial charge on any atom is -0.387 e. The van der Waals surface area contributed by atoms with Crippen LogP contribution in [-0.2, 0) is 0 Å². The van der Waals surface area contributed by atoms with Crippen molar-refractivity contribution in [2.24, 2.45) is 0 Å². The molecule has 1 N–H and O–H groups in total. The van der Waals surface area contributed by atoms with Crippen molar-refractivity contribution in [2.75, 3.05) is 0 Å². The van der Waals surface area contributed by atoms with Crippen molar-refractivity contribution in [1.29, 1.82) is 0 Å². The molecule has 0 heterocycles. The third-order valence-corrected chi connectivity index (χ3v) is 0.683. The average molecular weight is 115 g/mol. The number of nitrogens with one attached hydrogen (secondary N) is 1. The molecule has 0 aliphatic heterocycles. The van der Waals surface area contributed by atoms with Gasteiger partial charge in [0.25, 0.3) is 0 Å². The molecule has 0 aromatic carbocycles. The summed E-state index contributed by atoms with van der Waals surface area (Å²) in [6.45, 7) is 8.39. The van der Waals surface area contributed by atoms with Crippen LogP contribution in [0.15, 0.2) is 12.3 Å². The van der Waals surface area contributed by atoms with E-state index >= 15 is 0 Å². The normalized spacial score (nSPS) is 12.5. The van der Waals surface area contributed by atoms with Crippen molar-refractivity contribution in [2.45, 2.75) is 33.2 Å². The van der Waals surface area contributed by atoms with Crippen LogP contribution in [0.4, 0.5) is 0 Å². The van der Waals surface area contributed by atoms with Crippen molar-refractivity contribution >= 4 is 0 Å². The molecule has 0 aromatic heterocycles. The van der Waals surface area contributed by atoms with Gasteiger partial charge in [0.2, 0.25) is 0 Å².